The van der Waals surface area contributed by atoms with Gasteiger partial charge in [-0.05, 0) is 29.2 Å². The Kier molecular flexibility index (Phi) is 6.56. The van der Waals surface area contributed by atoms with Crippen LogP contribution < -0.4 is 5.32 Å². The standard InChI is InChI=1S/C31H34N4/c1-31(2,3)29-22-35(21-24-14-8-5-9-15-24)30(34-29)28(32-19-23-12-6-4-7-13-23)18-25-20-33-27-17-11-10-16-26(25)27/h4-17,20,22,28,32-33H,18-19,21H2,1-3H3. The molecule has 4 heteroatoms. The molecule has 0 saturated carbocycles. The average molecular weight is 463 g/mol. The topological polar surface area (TPSA) is 45.6 Å². The van der Waals surface area contributed by atoms with Crippen molar-refractivity contribution in [3.05, 3.63) is 126 Å². The van der Waals surface area contributed by atoms with Crippen LogP contribution in [0.1, 0.15) is 55.0 Å². The molecular weight excluding hydrogens is 428 g/mol. The first-order valence-electron chi connectivity index (χ1n) is 12.4. The summed E-state index contributed by atoms with van der Waals surface area (Å²) in [5, 5.41) is 5.12. The molecular formula is C31H34N4. The van der Waals surface area contributed by atoms with Gasteiger partial charge in [-0.25, -0.2) is 4.98 Å². The summed E-state index contributed by atoms with van der Waals surface area (Å²) in [5.41, 5.74) is 6.12. The van der Waals surface area contributed by atoms with Crippen molar-refractivity contribution in [3.8, 4) is 0 Å². The fourth-order valence-electron chi connectivity index (χ4n) is 4.59. The van der Waals surface area contributed by atoms with E-state index in [2.05, 4.69) is 133 Å². The SMILES string of the molecule is CC(C)(C)c1cn(Cc2ccccc2)c(C(Cc2c[nH]c3ccccc23)NCc2ccccc2)n1. The second kappa shape index (κ2) is 9.93. The van der Waals surface area contributed by atoms with Gasteiger partial charge < -0.3 is 14.9 Å². The second-order valence-electron chi connectivity index (χ2n) is 10.3. The number of para-hydroxylation sites is 1. The summed E-state index contributed by atoms with van der Waals surface area (Å²) >= 11 is 0. The molecule has 178 valence electrons. The number of hydrogen-bond donors (Lipinski definition) is 2. The fourth-order valence-corrected chi connectivity index (χ4v) is 4.59. The van der Waals surface area contributed by atoms with Gasteiger partial charge in [0.25, 0.3) is 0 Å². The number of hydrogen-bond acceptors (Lipinski definition) is 2. The molecule has 1 atom stereocenters. The van der Waals surface area contributed by atoms with E-state index in [-0.39, 0.29) is 11.5 Å². The first-order valence-corrected chi connectivity index (χ1v) is 12.4. The van der Waals surface area contributed by atoms with E-state index in [0.29, 0.717) is 0 Å². The van der Waals surface area contributed by atoms with E-state index in [1.807, 2.05) is 0 Å². The first-order chi connectivity index (χ1) is 17.0. The molecule has 0 aliphatic heterocycles. The molecule has 2 aromatic heterocycles. The zero-order valence-electron chi connectivity index (χ0n) is 20.8. The lowest BCUT2D eigenvalue weighted by molar-refractivity contribution is 0.483. The van der Waals surface area contributed by atoms with E-state index in [4.69, 9.17) is 4.98 Å². The molecule has 0 aliphatic rings. The average Bonchev–Trinajstić information content (AvgIpc) is 3.47. The predicted octanol–water partition coefficient (Wildman–Crippen LogP) is 6.78. The quantitative estimate of drug-likeness (QED) is 0.267. The van der Waals surface area contributed by atoms with Crippen molar-refractivity contribution < 1.29 is 0 Å². The third kappa shape index (κ3) is 5.39. The van der Waals surface area contributed by atoms with E-state index in [1.165, 1.54) is 27.6 Å². The molecule has 0 aliphatic carbocycles. The minimum atomic E-state index is -0.0263. The molecule has 0 saturated heterocycles. The molecule has 0 radical (unpaired) electrons. The van der Waals surface area contributed by atoms with Gasteiger partial charge in [-0.3, -0.25) is 0 Å². The predicted molar refractivity (Wildman–Crippen MR) is 144 cm³/mol. The van der Waals surface area contributed by atoms with Crippen LogP contribution in [0.2, 0.25) is 0 Å². The number of H-pyrrole nitrogens is 1. The van der Waals surface area contributed by atoms with Crippen LogP contribution >= 0.6 is 0 Å². The van der Waals surface area contributed by atoms with E-state index in [0.717, 1.165) is 31.0 Å². The molecule has 4 nitrogen and oxygen atoms in total. The van der Waals surface area contributed by atoms with Gasteiger partial charge in [-0.15, -0.1) is 0 Å². The third-order valence-electron chi connectivity index (χ3n) is 6.58. The lowest BCUT2D eigenvalue weighted by Gasteiger charge is -2.20. The number of imidazole rings is 1. The number of aromatic amines is 1. The summed E-state index contributed by atoms with van der Waals surface area (Å²) in [6, 6.07) is 29.9. The molecule has 0 bridgehead atoms. The lowest BCUT2D eigenvalue weighted by atomic mass is 9.93. The Morgan fingerprint density at radius 2 is 1.51 bits per heavy atom. The number of benzene rings is 3. The van der Waals surface area contributed by atoms with E-state index < -0.39 is 0 Å². The highest BCUT2D eigenvalue weighted by molar-refractivity contribution is 5.83. The molecule has 1 unspecified atom stereocenters. The van der Waals surface area contributed by atoms with Gasteiger partial charge in [0.15, 0.2) is 0 Å². The Hall–Kier alpha value is -3.63. The number of nitrogens with zero attached hydrogens (tertiary/aromatic N) is 2. The fraction of sp³-hybridized carbons (Fsp3) is 0.258. The molecule has 5 rings (SSSR count). The van der Waals surface area contributed by atoms with Crippen LogP contribution in [-0.4, -0.2) is 14.5 Å². The number of rotatable bonds is 8. The van der Waals surface area contributed by atoms with Gasteiger partial charge in [0.05, 0.1) is 11.7 Å². The smallest absolute Gasteiger partial charge is 0.126 e. The van der Waals surface area contributed by atoms with Gasteiger partial charge in [-0.1, -0.05) is 99.6 Å². The number of fused-ring (bicyclic) bond motifs is 1. The van der Waals surface area contributed by atoms with Crippen LogP contribution in [0.5, 0.6) is 0 Å². The maximum absolute atomic E-state index is 5.24. The molecule has 0 fully saturated rings. The normalized spacial score (nSPS) is 12.8. The number of nitrogens with one attached hydrogen (secondary N) is 2. The minimum Gasteiger partial charge on any atom is -0.361 e. The molecule has 2 N–H and O–H groups in total. The van der Waals surface area contributed by atoms with Crippen molar-refractivity contribution in [2.45, 2.75) is 51.7 Å². The summed E-state index contributed by atoms with van der Waals surface area (Å²) in [6.07, 6.45) is 5.25. The summed E-state index contributed by atoms with van der Waals surface area (Å²) in [7, 11) is 0. The Labute approximate surface area is 208 Å². The van der Waals surface area contributed by atoms with E-state index in [9.17, 15) is 0 Å². The van der Waals surface area contributed by atoms with Gasteiger partial charge in [0, 0.05) is 41.8 Å². The van der Waals surface area contributed by atoms with Crippen molar-refractivity contribution in [2.75, 3.05) is 0 Å². The Bertz CT molecular complexity index is 1370. The van der Waals surface area contributed by atoms with Gasteiger partial charge in [0.2, 0.25) is 0 Å². The summed E-state index contributed by atoms with van der Waals surface area (Å²) in [4.78, 5) is 8.69. The van der Waals surface area contributed by atoms with Crippen LogP contribution in [0.25, 0.3) is 10.9 Å². The third-order valence-corrected chi connectivity index (χ3v) is 6.58. The monoisotopic (exact) mass is 462 g/mol. The molecule has 5 aromatic rings. The lowest BCUT2D eigenvalue weighted by Crippen LogP contribution is -2.26. The number of aromatic nitrogens is 3. The minimum absolute atomic E-state index is 0.0263. The maximum Gasteiger partial charge on any atom is 0.126 e. The zero-order chi connectivity index (χ0) is 24.3. The van der Waals surface area contributed by atoms with E-state index in [1.54, 1.807) is 0 Å². The van der Waals surface area contributed by atoms with Crippen molar-refractivity contribution in [1.82, 2.24) is 19.9 Å². The highest BCUT2D eigenvalue weighted by atomic mass is 15.1. The summed E-state index contributed by atoms with van der Waals surface area (Å²) in [6.45, 7) is 8.29. The molecule has 2 heterocycles. The van der Waals surface area contributed by atoms with Crippen LogP contribution in [0.15, 0.2) is 97.3 Å². The largest absolute Gasteiger partial charge is 0.361 e. The second-order valence-corrected chi connectivity index (χ2v) is 10.3. The molecule has 0 amide bonds. The Morgan fingerprint density at radius 3 is 2.23 bits per heavy atom. The van der Waals surface area contributed by atoms with Gasteiger partial charge in [0.1, 0.15) is 5.82 Å². The molecule has 35 heavy (non-hydrogen) atoms. The zero-order valence-corrected chi connectivity index (χ0v) is 20.8. The van der Waals surface area contributed by atoms with Crippen molar-refractivity contribution >= 4 is 10.9 Å². The molecule has 0 spiro atoms. The Morgan fingerprint density at radius 1 is 0.857 bits per heavy atom. The van der Waals surface area contributed by atoms with Crippen molar-refractivity contribution in [2.24, 2.45) is 0 Å². The van der Waals surface area contributed by atoms with Crippen LogP contribution in [-0.2, 0) is 24.9 Å². The van der Waals surface area contributed by atoms with Crippen LogP contribution in [0.3, 0.4) is 0 Å². The highest BCUT2D eigenvalue weighted by Gasteiger charge is 2.25. The van der Waals surface area contributed by atoms with Crippen molar-refractivity contribution in [1.29, 1.82) is 0 Å². The molecule has 3 aromatic carbocycles. The van der Waals surface area contributed by atoms with Gasteiger partial charge in [-0.2, -0.15) is 0 Å². The van der Waals surface area contributed by atoms with Crippen molar-refractivity contribution in [3.63, 3.8) is 0 Å². The Balaban J connectivity index is 1.54. The highest BCUT2D eigenvalue weighted by Crippen LogP contribution is 2.28. The maximum atomic E-state index is 5.24. The van der Waals surface area contributed by atoms with Crippen LogP contribution in [0.4, 0.5) is 0 Å². The summed E-state index contributed by atoms with van der Waals surface area (Å²) in [5.74, 6) is 1.08. The summed E-state index contributed by atoms with van der Waals surface area (Å²) < 4.78 is 2.34. The first kappa shape index (κ1) is 23.1. The van der Waals surface area contributed by atoms with E-state index >= 15 is 0 Å². The van der Waals surface area contributed by atoms with Crippen LogP contribution in [0, 0.1) is 0 Å². The van der Waals surface area contributed by atoms with Gasteiger partial charge >= 0.3 is 0 Å².